The van der Waals surface area contributed by atoms with Crippen LogP contribution < -0.4 is 9.62 Å². The maximum Gasteiger partial charge on any atom is 0.264 e. The van der Waals surface area contributed by atoms with Crippen LogP contribution in [-0.4, -0.2) is 44.8 Å². The van der Waals surface area contributed by atoms with Crippen molar-refractivity contribution in [2.75, 3.05) is 17.9 Å². The smallest absolute Gasteiger partial charge is 0.264 e. The zero-order valence-electron chi connectivity index (χ0n) is 22.4. The molecule has 208 valence electrons. The average molecular weight is 591 g/mol. The van der Waals surface area contributed by atoms with Gasteiger partial charge in [0.25, 0.3) is 10.0 Å². The van der Waals surface area contributed by atoms with E-state index < -0.39 is 28.5 Å². The normalized spacial score (nSPS) is 12.2. The van der Waals surface area contributed by atoms with E-state index in [9.17, 15) is 18.0 Å². The quantitative estimate of drug-likeness (QED) is 0.303. The number of hydrogen-bond acceptors (Lipinski definition) is 4. The van der Waals surface area contributed by atoms with Gasteiger partial charge in [-0.15, -0.1) is 0 Å². The Kier molecular flexibility index (Phi) is 10.4. The van der Waals surface area contributed by atoms with Crippen molar-refractivity contribution in [3.05, 3.63) is 94.0 Å². The predicted octanol–water partition coefficient (Wildman–Crippen LogP) is 5.87. The van der Waals surface area contributed by atoms with Crippen LogP contribution in [0.5, 0.6) is 0 Å². The molecule has 3 rings (SSSR count). The molecule has 0 saturated carbocycles. The first-order valence-corrected chi connectivity index (χ1v) is 14.8. The zero-order chi connectivity index (χ0) is 28.7. The van der Waals surface area contributed by atoms with E-state index in [1.165, 1.54) is 24.1 Å². The molecule has 0 aliphatic heterocycles. The zero-order valence-corrected chi connectivity index (χ0v) is 24.7. The third kappa shape index (κ3) is 7.12. The van der Waals surface area contributed by atoms with Crippen LogP contribution in [0.25, 0.3) is 0 Å². The van der Waals surface area contributed by atoms with Crippen molar-refractivity contribution >= 4 is 50.7 Å². The van der Waals surface area contributed by atoms with E-state index in [1.54, 1.807) is 55.5 Å². The Morgan fingerprint density at radius 3 is 2.00 bits per heavy atom. The van der Waals surface area contributed by atoms with Crippen molar-refractivity contribution in [3.8, 4) is 0 Å². The van der Waals surface area contributed by atoms with Gasteiger partial charge in [0.2, 0.25) is 11.8 Å². The molecule has 0 saturated heterocycles. The topological polar surface area (TPSA) is 86.8 Å². The monoisotopic (exact) mass is 589 g/mol. The molecule has 1 atom stereocenters. The standard InChI is InChI=1S/C29H33Cl2N3O4S/c1-5-27(29(36)32-4)33(18-24-25(30)12-9-13-26(24)31)28(35)19-34(22-16-14-21(15-17-22)20(2)3)39(37,38)23-10-7-6-8-11-23/h6-17,20,27H,5,18-19H2,1-4H3,(H,32,36)/t27-/m0/s1. The molecular formula is C29H33Cl2N3O4S. The largest absolute Gasteiger partial charge is 0.357 e. The number of anilines is 1. The number of benzene rings is 3. The Morgan fingerprint density at radius 1 is 0.897 bits per heavy atom. The summed E-state index contributed by atoms with van der Waals surface area (Å²) < 4.78 is 28.8. The lowest BCUT2D eigenvalue weighted by atomic mass is 10.0. The van der Waals surface area contributed by atoms with E-state index in [0.717, 1.165) is 9.87 Å². The Morgan fingerprint density at radius 2 is 1.49 bits per heavy atom. The summed E-state index contributed by atoms with van der Waals surface area (Å²) in [4.78, 5) is 28.2. The molecule has 0 aliphatic carbocycles. The third-order valence-corrected chi connectivity index (χ3v) is 8.98. The van der Waals surface area contributed by atoms with Crippen molar-refractivity contribution in [3.63, 3.8) is 0 Å². The molecule has 0 fully saturated rings. The second-order valence-corrected chi connectivity index (χ2v) is 12.0. The Balaban J connectivity index is 2.09. The Bertz CT molecular complexity index is 1380. The maximum absolute atomic E-state index is 14.0. The van der Waals surface area contributed by atoms with Crippen molar-refractivity contribution in [2.45, 2.75) is 50.6 Å². The van der Waals surface area contributed by atoms with Crippen molar-refractivity contribution < 1.29 is 18.0 Å². The predicted molar refractivity (Wildman–Crippen MR) is 157 cm³/mol. The molecule has 10 heteroatoms. The highest BCUT2D eigenvalue weighted by Crippen LogP contribution is 2.29. The fourth-order valence-corrected chi connectivity index (χ4v) is 6.17. The van der Waals surface area contributed by atoms with Crippen LogP contribution in [0, 0.1) is 0 Å². The van der Waals surface area contributed by atoms with Gasteiger partial charge in [-0.2, -0.15) is 0 Å². The summed E-state index contributed by atoms with van der Waals surface area (Å²) in [6.45, 7) is 5.25. The van der Waals surface area contributed by atoms with Gasteiger partial charge in [0.15, 0.2) is 0 Å². The van der Waals surface area contributed by atoms with Crippen LogP contribution in [-0.2, 0) is 26.2 Å². The van der Waals surface area contributed by atoms with Crippen LogP contribution in [0.4, 0.5) is 5.69 Å². The Hall–Kier alpha value is -3.07. The number of amides is 2. The highest BCUT2D eigenvalue weighted by molar-refractivity contribution is 7.92. The molecule has 2 amide bonds. The van der Waals surface area contributed by atoms with Gasteiger partial charge in [0.1, 0.15) is 12.6 Å². The fraction of sp³-hybridized carbons (Fsp3) is 0.310. The number of hydrogen-bond donors (Lipinski definition) is 1. The first-order valence-electron chi connectivity index (χ1n) is 12.6. The molecule has 3 aromatic rings. The van der Waals surface area contributed by atoms with Gasteiger partial charge in [-0.05, 0) is 54.3 Å². The summed E-state index contributed by atoms with van der Waals surface area (Å²) in [6.07, 6.45) is 0.294. The molecule has 0 heterocycles. The molecule has 0 spiro atoms. The van der Waals surface area contributed by atoms with E-state index in [1.807, 2.05) is 26.0 Å². The van der Waals surface area contributed by atoms with E-state index in [-0.39, 0.29) is 23.3 Å². The fourth-order valence-electron chi connectivity index (χ4n) is 4.21. The maximum atomic E-state index is 14.0. The lowest BCUT2D eigenvalue weighted by molar-refractivity contribution is -0.140. The summed E-state index contributed by atoms with van der Waals surface area (Å²) in [5.41, 5.74) is 1.83. The molecule has 3 aromatic carbocycles. The van der Waals surface area contributed by atoms with Crippen LogP contribution in [0.2, 0.25) is 10.0 Å². The number of nitrogens with zero attached hydrogens (tertiary/aromatic N) is 2. The van der Waals surface area contributed by atoms with Gasteiger partial charge in [-0.3, -0.25) is 13.9 Å². The van der Waals surface area contributed by atoms with Gasteiger partial charge in [0, 0.05) is 29.2 Å². The molecule has 39 heavy (non-hydrogen) atoms. The van der Waals surface area contributed by atoms with E-state index in [4.69, 9.17) is 23.2 Å². The average Bonchev–Trinajstić information content (AvgIpc) is 2.93. The van der Waals surface area contributed by atoms with E-state index in [0.29, 0.717) is 27.7 Å². The number of carbonyl (C=O) groups excluding carboxylic acids is 2. The summed E-state index contributed by atoms with van der Waals surface area (Å²) in [5, 5.41) is 3.27. The highest BCUT2D eigenvalue weighted by atomic mass is 35.5. The number of sulfonamides is 1. The van der Waals surface area contributed by atoms with Crippen molar-refractivity contribution in [2.24, 2.45) is 0 Å². The minimum absolute atomic E-state index is 0.0461. The van der Waals surface area contributed by atoms with Gasteiger partial charge in [-0.1, -0.05) is 80.4 Å². The second kappa shape index (κ2) is 13.3. The minimum atomic E-state index is -4.13. The van der Waals surface area contributed by atoms with Crippen LogP contribution in [0.15, 0.2) is 77.7 Å². The number of halogens is 2. The van der Waals surface area contributed by atoms with Gasteiger partial charge in [-0.25, -0.2) is 8.42 Å². The second-order valence-electron chi connectivity index (χ2n) is 9.33. The van der Waals surface area contributed by atoms with E-state index >= 15 is 0 Å². The number of carbonyl (C=O) groups is 2. The Labute approximate surface area is 240 Å². The van der Waals surface area contributed by atoms with Crippen LogP contribution >= 0.6 is 23.2 Å². The summed E-state index contributed by atoms with van der Waals surface area (Å²) >= 11 is 12.8. The van der Waals surface area contributed by atoms with Crippen LogP contribution in [0.3, 0.4) is 0 Å². The number of likely N-dealkylation sites (N-methyl/N-ethyl adjacent to an activating group) is 1. The molecule has 7 nitrogen and oxygen atoms in total. The lowest BCUT2D eigenvalue weighted by Crippen LogP contribution is -2.51. The SMILES string of the molecule is CC[C@@H](C(=O)NC)N(Cc1c(Cl)cccc1Cl)C(=O)CN(c1ccc(C(C)C)cc1)S(=O)(=O)c1ccccc1. The minimum Gasteiger partial charge on any atom is -0.357 e. The van der Waals surface area contributed by atoms with Crippen molar-refractivity contribution in [1.29, 1.82) is 0 Å². The van der Waals surface area contributed by atoms with Gasteiger partial charge in [0.05, 0.1) is 10.6 Å². The van der Waals surface area contributed by atoms with Gasteiger partial charge < -0.3 is 10.2 Å². The number of nitrogens with one attached hydrogen (secondary N) is 1. The molecular weight excluding hydrogens is 557 g/mol. The highest BCUT2D eigenvalue weighted by Gasteiger charge is 2.34. The molecule has 0 bridgehead atoms. The molecule has 0 unspecified atom stereocenters. The number of rotatable bonds is 11. The summed E-state index contributed by atoms with van der Waals surface area (Å²) in [6, 6.07) is 19.1. The first kappa shape index (κ1) is 30.5. The molecule has 0 aromatic heterocycles. The molecule has 0 radical (unpaired) electrons. The van der Waals surface area contributed by atoms with Crippen molar-refractivity contribution in [1.82, 2.24) is 10.2 Å². The molecule has 0 aliphatic rings. The van der Waals surface area contributed by atoms with E-state index in [2.05, 4.69) is 5.32 Å². The molecule has 1 N–H and O–H groups in total. The summed E-state index contributed by atoms with van der Waals surface area (Å²) in [7, 11) is -2.65. The first-order chi connectivity index (χ1) is 18.5. The van der Waals surface area contributed by atoms with Crippen LogP contribution in [0.1, 0.15) is 44.2 Å². The summed E-state index contributed by atoms with van der Waals surface area (Å²) in [5.74, 6) is -0.713. The van der Waals surface area contributed by atoms with Gasteiger partial charge >= 0.3 is 0 Å². The lowest BCUT2D eigenvalue weighted by Gasteiger charge is -2.33. The third-order valence-electron chi connectivity index (χ3n) is 6.48.